The van der Waals surface area contributed by atoms with Gasteiger partial charge in [-0.3, -0.25) is 4.79 Å². The van der Waals surface area contributed by atoms with Gasteiger partial charge in [-0.05, 0) is 12.8 Å². The van der Waals surface area contributed by atoms with Crippen LogP contribution in [0.25, 0.3) is 0 Å². The second-order valence-electron chi connectivity index (χ2n) is 3.49. The van der Waals surface area contributed by atoms with Crippen LogP contribution in [0.2, 0.25) is 0 Å². The second-order valence-corrected chi connectivity index (χ2v) is 3.49. The van der Waals surface area contributed by atoms with E-state index in [0.717, 1.165) is 32.5 Å². The summed E-state index contributed by atoms with van der Waals surface area (Å²) in [5.41, 5.74) is 5.07. The first-order valence-electron chi connectivity index (χ1n) is 4.76. The Morgan fingerprint density at radius 3 is 2.62 bits per heavy atom. The van der Waals surface area contributed by atoms with Gasteiger partial charge in [0, 0.05) is 33.2 Å². The lowest BCUT2D eigenvalue weighted by molar-refractivity contribution is -0.118. The van der Waals surface area contributed by atoms with Crippen molar-refractivity contribution in [3.63, 3.8) is 0 Å². The molecule has 0 unspecified atom stereocenters. The molecule has 1 heterocycles. The fraction of sp³-hybridized carbons (Fsp3) is 0.889. The van der Waals surface area contributed by atoms with Gasteiger partial charge in [0.1, 0.15) is 0 Å². The molecule has 1 aliphatic rings. The van der Waals surface area contributed by atoms with Crippen molar-refractivity contribution in [2.75, 3.05) is 26.7 Å². The van der Waals surface area contributed by atoms with Crippen LogP contribution in [0.4, 0.5) is 0 Å². The Morgan fingerprint density at radius 2 is 2.15 bits per heavy atom. The number of nitrogens with zero attached hydrogens (tertiary/aromatic N) is 1. The van der Waals surface area contributed by atoms with E-state index in [4.69, 9.17) is 10.5 Å². The molecule has 0 atom stereocenters. The van der Waals surface area contributed by atoms with Gasteiger partial charge in [-0.25, -0.2) is 0 Å². The first-order valence-corrected chi connectivity index (χ1v) is 4.76. The number of primary amides is 1. The summed E-state index contributed by atoms with van der Waals surface area (Å²) in [6.45, 7) is 2.84. The lowest BCUT2D eigenvalue weighted by Gasteiger charge is -2.30. The molecule has 1 saturated heterocycles. The quantitative estimate of drug-likeness (QED) is 0.671. The van der Waals surface area contributed by atoms with Crippen LogP contribution < -0.4 is 5.73 Å². The highest BCUT2D eigenvalue weighted by Gasteiger charge is 2.18. The third-order valence-electron chi connectivity index (χ3n) is 2.54. The van der Waals surface area contributed by atoms with Crippen LogP contribution in [0, 0.1) is 0 Å². The highest BCUT2D eigenvalue weighted by atomic mass is 16.5. The second kappa shape index (κ2) is 5.19. The first-order chi connectivity index (χ1) is 6.22. The van der Waals surface area contributed by atoms with Gasteiger partial charge >= 0.3 is 0 Å². The summed E-state index contributed by atoms with van der Waals surface area (Å²) >= 11 is 0. The van der Waals surface area contributed by atoms with Crippen molar-refractivity contribution in [3.05, 3.63) is 0 Å². The number of rotatable bonds is 4. The number of amides is 1. The highest BCUT2D eigenvalue weighted by Crippen LogP contribution is 2.12. The SMILES string of the molecule is COC1CCN(CCC(N)=O)CC1. The summed E-state index contributed by atoms with van der Waals surface area (Å²) in [4.78, 5) is 12.8. The fourth-order valence-corrected chi connectivity index (χ4v) is 1.64. The molecule has 0 aromatic rings. The summed E-state index contributed by atoms with van der Waals surface area (Å²) in [7, 11) is 1.75. The molecule has 1 rings (SSSR count). The zero-order chi connectivity index (χ0) is 9.68. The van der Waals surface area contributed by atoms with Crippen molar-refractivity contribution in [1.82, 2.24) is 4.90 Å². The van der Waals surface area contributed by atoms with Gasteiger partial charge in [-0.1, -0.05) is 0 Å². The van der Waals surface area contributed by atoms with E-state index in [1.165, 1.54) is 0 Å². The Balaban J connectivity index is 2.14. The summed E-state index contributed by atoms with van der Waals surface area (Å²) in [6, 6.07) is 0. The third kappa shape index (κ3) is 3.74. The molecule has 4 nitrogen and oxygen atoms in total. The van der Waals surface area contributed by atoms with Gasteiger partial charge in [-0.15, -0.1) is 0 Å². The summed E-state index contributed by atoms with van der Waals surface area (Å²) in [5.74, 6) is -0.214. The van der Waals surface area contributed by atoms with Gasteiger partial charge in [0.05, 0.1) is 6.10 Å². The maximum atomic E-state index is 10.5. The minimum atomic E-state index is -0.214. The van der Waals surface area contributed by atoms with Crippen molar-refractivity contribution >= 4 is 5.91 Å². The number of carbonyl (C=O) groups excluding carboxylic acids is 1. The van der Waals surface area contributed by atoms with Crippen molar-refractivity contribution in [3.8, 4) is 0 Å². The highest BCUT2D eigenvalue weighted by molar-refractivity contribution is 5.73. The molecule has 1 fully saturated rings. The van der Waals surface area contributed by atoms with Crippen molar-refractivity contribution in [2.24, 2.45) is 5.73 Å². The summed E-state index contributed by atoms with van der Waals surface area (Å²) in [6.07, 6.45) is 3.01. The maximum Gasteiger partial charge on any atom is 0.218 e. The Morgan fingerprint density at radius 1 is 1.54 bits per heavy atom. The van der Waals surface area contributed by atoms with E-state index in [0.29, 0.717) is 12.5 Å². The van der Waals surface area contributed by atoms with Crippen molar-refractivity contribution in [1.29, 1.82) is 0 Å². The van der Waals surface area contributed by atoms with Crippen molar-refractivity contribution in [2.45, 2.75) is 25.4 Å². The molecule has 4 heteroatoms. The fourth-order valence-electron chi connectivity index (χ4n) is 1.64. The van der Waals surface area contributed by atoms with Gasteiger partial charge in [0.25, 0.3) is 0 Å². The molecule has 1 aliphatic heterocycles. The smallest absolute Gasteiger partial charge is 0.218 e. The van der Waals surface area contributed by atoms with Crippen LogP contribution in [-0.2, 0) is 9.53 Å². The van der Waals surface area contributed by atoms with Gasteiger partial charge in [0.2, 0.25) is 5.91 Å². The van der Waals surface area contributed by atoms with E-state index in [1.54, 1.807) is 7.11 Å². The van der Waals surface area contributed by atoms with Gasteiger partial charge in [0.15, 0.2) is 0 Å². The number of hydrogen-bond acceptors (Lipinski definition) is 3. The Kier molecular flexibility index (Phi) is 4.18. The Hall–Kier alpha value is -0.610. The molecule has 0 aromatic carbocycles. The summed E-state index contributed by atoms with van der Waals surface area (Å²) < 4.78 is 5.25. The van der Waals surface area contributed by atoms with Crippen LogP contribution >= 0.6 is 0 Å². The van der Waals surface area contributed by atoms with Crippen LogP contribution in [-0.4, -0.2) is 43.7 Å². The lowest BCUT2D eigenvalue weighted by Crippen LogP contribution is -2.38. The van der Waals surface area contributed by atoms with E-state index in [2.05, 4.69) is 4.90 Å². The molecule has 0 aromatic heterocycles. The molecule has 1 amide bonds. The normalized spacial score (nSPS) is 20.4. The summed E-state index contributed by atoms with van der Waals surface area (Å²) in [5, 5.41) is 0. The van der Waals surface area contributed by atoms with E-state index < -0.39 is 0 Å². The zero-order valence-electron chi connectivity index (χ0n) is 8.16. The van der Waals surface area contributed by atoms with E-state index in [1.807, 2.05) is 0 Å². The van der Waals surface area contributed by atoms with Crippen LogP contribution in [0.5, 0.6) is 0 Å². The number of carbonyl (C=O) groups is 1. The molecular formula is C9H18N2O2. The number of methoxy groups -OCH3 is 1. The molecule has 0 aliphatic carbocycles. The predicted molar refractivity (Wildman–Crippen MR) is 50.3 cm³/mol. The third-order valence-corrected chi connectivity index (χ3v) is 2.54. The molecule has 0 spiro atoms. The Bertz CT molecular complexity index is 165. The number of piperidine rings is 1. The molecule has 13 heavy (non-hydrogen) atoms. The predicted octanol–water partition coefficient (Wildman–Crippen LogP) is -0.0274. The lowest BCUT2D eigenvalue weighted by atomic mass is 10.1. The van der Waals surface area contributed by atoms with E-state index >= 15 is 0 Å². The Labute approximate surface area is 79.0 Å². The largest absolute Gasteiger partial charge is 0.381 e. The van der Waals surface area contributed by atoms with E-state index in [9.17, 15) is 4.79 Å². The topological polar surface area (TPSA) is 55.6 Å². The van der Waals surface area contributed by atoms with Crippen LogP contribution in [0.1, 0.15) is 19.3 Å². The number of ether oxygens (including phenoxy) is 1. The number of nitrogens with two attached hydrogens (primary N) is 1. The maximum absolute atomic E-state index is 10.5. The molecular weight excluding hydrogens is 168 g/mol. The monoisotopic (exact) mass is 186 g/mol. The van der Waals surface area contributed by atoms with Crippen LogP contribution in [0.3, 0.4) is 0 Å². The molecule has 0 radical (unpaired) electrons. The average Bonchev–Trinajstić information content (AvgIpc) is 2.15. The van der Waals surface area contributed by atoms with Crippen LogP contribution in [0.15, 0.2) is 0 Å². The van der Waals surface area contributed by atoms with Gasteiger partial charge < -0.3 is 15.4 Å². The molecule has 0 saturated carbocycles. The number of hydrogen-bond donors (Lipinski definition) is 1. The van der Waals surface area contributed by atoms with Crippen molar-refractivity contribution < 1.29 is 9.53 Å². The standard InChI is InChI=1S/C9H18N2O2/c1-13-8-2-5-11(6-3-8)7-4-9(10)12/h8H,2-7H2,1H3,(H2,10,12). The average molecular weight is 186 g/mol. The van der Waals surface area contributed by atoms with E-state index in [-0.39, 0.29) is 5.91 Å². The minimum absolute atomic E-state index is 0.214. The molecule has 76 valence electrons. The molecule has 0 bridgehead atoms. The molecule has 2 N–H and O–H groups in total. The first kappa shape index (κ1) is 10.5. The number of likely N-dealkylation sites (tertiary alicyclic amines) is 1. The zero-order valence-corrected chi connectivity index (χ0v) is 8.16. The minimum Gasteiger partial charge on any atom is -0.381 e. The van der Waals surface area contributed by atoms with Gasteiger partial charge in [-0.2, -0.15) is 0 Å².